The van der Waals surface area contributed by atoms with E-state index in [1.54, 1.807) is 0 Å². The normalized spacial score (nSPS) is 17.0. The number of nitrogens with one attached hydrogen (secondary N) is 1. The van der Waals surface area contributed by atoms with E-state index in [1.165, 1.54) is 37.4 Å². The zero-order valence-electron chi connectivity index (χ0n) is 17.6. The fraction of sp³-hybridized carbons (Fsp3) is 0.591. The van der Waals surface area contributed by atoms with E-state index in [0.717, 1.165) is 38.3 Å². The standard InChI is InChI=1S/C22H35N5O/c1-4-20(21-10-11-24-26(21)3)23-18-19-8-5-6-9-22(19)28-17-7-12-27-15-13-25(2)14-16-27/h5-6,8-11,20,23H,4,7,12-18H2,1-3H3. The Balaban J connectivity index is 1.47. The molecule has 1 aliphatic rings. The highest BCUT2D eigenvalue weighted by molar-refractivity contribution is 5.33. The van der Waals surface area contributed by atoms with Crippen LogP contribution >= 0.6 is 0 Å². The van der Waals surface area contributed by atoms with Gasteiger partial charge in [-0.1, -0.05) is 25.1 Å². The van der Waals surface area contributed by atoms with Crippen molar-refractivity contribution in [1.29, 1.82) is 0 Å². The summed E-state index contributed by atoms with van der Waals surface area (Å²) in [4.78, 5) is 4.93. The zero-order valence-corrected chi connectivity index (χ0v) is 17.6. The van der Waals surface area contributed by atoms with Crippen LogP contribution in [0, 0.1) is 0 Å². The van der Waals surface area contributed by atoms with E-state index in [1.807, 2.05) is 17.9 Å². The first-order valence-electron chi connectivity index (χ1n) is 10.5. The predicted octanol–water partition coefficient (Wildman–Crippen LogP) is 2.68. The van der Waals surface area contributed by atoms with E-state index in [4.69, 9.17) is 4.74 Å². The van der Waals surface area contributed by atoms with Crippen LogP contribution in [0.25, 0.3) is 0 Å². The number of para-hydroxylation sites is 1. The van der Waals surface area contributed by atoms with Gasteiger partial charge in [-0.2, -0.15) is 5.10 Å². The SMILES string of the molecule is CCC(NCc1ccccc1OCCCN1CCN(C)CC1)c1ccnn1C. The molecule has 3 rings (SSSR count). The molecular weight excluding hydrogens is 350 g/mol. The smallest absolute Gasteiger partial charge is 0.123 e. The third-order valence-electron chi connectivity index (χ3n) is 5.61. The molecule has 0 saturated carbocycles. The molecule has 1 N–H and O–H groups in total. The van der Waals surface area contributed by atoms with Gasteiger partial charge in [0.15, 0.2) is 0 Å². The van der Waals surface area contributed by atoms with Crippen LogP contribution < -0.4 is 10.1 Å². The van der Waals surface area contributed by atoms with Crippen LogP contribution in [-0.4, -0.2) is 66.0 Å². The van der Waals surface area contributed by atoms with Gasteiger partial charge in [-0.15, -0.1) is 0 Å². The topological polar surface area (TPSA) is 45.6 Å². The van der Waals surface area contributed by atoms with Gasteiger partial charge >= 0.3 is 0 Å². The van der Waals surface area contributed by atoms with E-state index >= 15 is 0 Å². The number of benzene rings is 1. The van der Waals surface area contributed by atoms with E-state index in [0.29, 0.717) is 0 Å². The third kappa shape index (κ3) is 5.80. The molecule has 1 aromatic heterocycles. The van der Waals surface area contributed by atoms with Crippen molar-refractivity contribution in [2.45, 2.75) is 32.4 Å². The lowest BCUT2D eigenvalue weighted by atomic mass is 10.1. The van der Waals surface area contributed by atoms with Gasteiger partial charge in [-0.25, -0.2) is 0 Å². The summed E-state index contributed by atoms with van der Waals surface area (Å²) in [5, 5.41) is 7.96. The van der Waals surface area contributed by atoms with Gasteiger partial charge < -0.3 is 19.9 Å². The van der Waals surface area contributed by atoms with E-state index in [-0.39, 0.29) is 6.04 Å². The first kappa shape index (κ1) is 20.8. The maximum Gasteiger partial charge on any atom is 0.123 e. The molecule has 0 spiro atoms. The first-order chi connectivity index (χ1) is 13.7. The van der Waals surface area contributed by atoms with Crippen molar-refractivity contribution in [3.63, 3.8) is 0 Å². The van der Waals surface area contributed by atoms with Gasteiger partial charge in [-0.3, -0.25) is 4.68 Å². The molecule has 0 radical (unpaired) electrons. The van der Waals surface area contributed by atoms with Crippen LogP contribution in [0.15, 0.2) is 36.5 Å². The summed E-state index contributed by atoms with van der Waals surface area (Å²) in [6.07, 6.45) is 3.95. The molecule has 28 heavy (non-hydrogen) atoms. The molecule has 154 valence electrons. The Bertz CT molecular complexity index is 708. The number of piperazine rings is 1. The average Bonchev–Trinajstić information content (AvgIpc) is 3.14. The Morgan fingerprint density at radius 1 is 1.11 bits per heavy atom. The minimum absolute atomic E-state index is 0.290. The number of aromatic nitrogens is 2. The molecule has 2 heterocycles. The van der Waals surface area contributed by atoms with Crippen LogP contribution in [0.1, 0.15) is 37.1 Å². The molecule has 1 unspecified atom stereocenters. The number of aryl methyl sites for hydroxylation is 1. The van der Waals surface area contributed by atoms with Crippen LogP contribution in [0.3, 0.4) is 0 Å². The van der Waals surface area contributed by atoms with E-state index < -0.39 is 0 Å². The van der Waals surface area contributed by atoms with Crippen LogP contribution in [-0.2, 0) is 13.6 Å². The molecule has 0 aliphatic carbocycles. The van der Waals surface area contributed by atoms with Crippen LogP contribution in [0.4, 0.5) is 0 Å². The minimum Gasteiger partial charge on any atom is -0.493 e. The average molecular weight is 386 g/mol. The molecule has 2 aromatic rings. The molecule has 6 nitrogen and oxygen atoms in total. The summed E-state index contributed by atoms with van der Waals surface area (Å²) >= 11 is 0. The van der Waals surface area contributed by atoms with Gasteiger partial charge in [0.2, 0.25) is 0 Å². The number of nitrogens with zero attached hydrogens (tertiary/aromatic N) is 4. The highest BCUT2D eigenvalue weighted by atomic mass is 16.5. The number of likely N-dealkylation sites (N-methyl/N-ethyl adjacent to an activating group) is 1. The number of hydrogen-bond donors (Lipinski definition) is 1. The molecule has 6 heteroatoms. The summed E-state index contributed by atoms with van der Waals surface area (Å²) in [6.45, 7) is 9.56. The Kier molecular flexibility index (Phi) is 7.89. The largest absolute Gasteiger partial charge is 0.493 e. The second kappa shape index (κ2) is 10.6. The summed E-state index contributed by atoms with van der Waals surface area (Å²) in [5.41, 5.74) is 2.43. The van der Waals surface area contributed by atoms with Crippen molar-refractivity contribution >= 4 is 0 Å². The number of hydrogen-bond acceptors (Lipinski definition) is 5. The third-order valence-corrected chi connectivity index (χ3v) is 5.61. The lowest BCUT2D eigenvalue weighted by molar-refractivity contribution is 0.145. The summed E-state index contributed by atoms with van der Waals surface area (Å²) < 4.78 is 8.08. The molecule has 1 atom stereocenters. The molecule has 1 saturated heterocycles. The first-order valence-corrected chi connectivity index (χ1v) is 10.5. The summed E-state index contributed by atoms with van der Waals surface area (Å²) in [6, 6.07) is 10.7. The van der Waals surface area contributed by atoms with E-state index in [9.17, 15) is 0 Å². The van der Waals surface area contributed by atoms with Gasteiger partial charge in [0.05, 0.1) is 12.3 Å². The summed E-state index contributed by atoms with van der Waals surface area (Å²) in [5.74, 6) is 0.994. The molecular formula is C22H35N5O. The fourth-order valence-corrected chi connectivity index (χ4v) is 3.75. The van der Waals surface area contributed by atoms with E-state index in [2.05, 4.69) is 64.5 Å². The van der Waals surface area contributed by atoms with Gasteiger partial charge in [0, 0.05) is 64.1 Å². The van der Waals surface area contributed by atoms with Gasteiger partial charge in [-0.05, 0) is 32.0 Å². The second-order valence-electron chi connectivity index (χ2n) is 7.68. The predicted molar refractivity (Wildman–Crippen MR) is 114 cm³/mol. The fourth-order valence-electron chi connectivity index (χ4n) is 3.75. The second-order valence-corrected chi connectivity index (χ2v) is 7.68. The van der Waals surface area contributed by atoms with Gasteiger partial charge in [0.25, 0.3) is 0 Å². The van der Waals surface area contributed by atoms with Crippen molar-refractivity contribution in [2.75, 3.05) is 46.4 Å². The monoisotopic (exact) mass is 385 g/mol. The zero-order chi connectivity index (χ0) is 19.8. The minimum atomic E-state index is 0.290. The Morgan fingerprint density at radius 3 is 2.61 bits per heavy atom. The summed E-state index contributed by atoms with van der Waals surface area (Å²) in [7, 11) is 4.19. The van der Waals surface area contributed by atoms with Crippen molar-refractivity contribution in [3.05, 3.63) is 47.8 Å². The maximum absolute atomic E-state index is 6.14. The van der Waals surface area contributed by atoms with Crippen molar-refractivity contribution < 1.29 is 4.74 Å². The molecule has 0 bridgehead atoms. The lowest BCUT2D eigenvalue weighted by Gasteiger charge is -2.32. The van der Waals surface area contributed by atoms with Crippen LogP contribution in [0.5, 0.6) is 5.75 Å². The van der Waals surface area contributed by atoms with Crippen LogP contribution in [0.2, 0.25) is 0 Å². The molecule has 1 aromatic carbocycles. The Morgan fingerprint density at radius 2 is 1.89 bits per heavy atom. The highest BCUT2D eigenvalue weighted by Gasteiger charge is 2.14. The lowest BCUT2D eigenvalue weighted by Crippen LogP contribution is -2.44. The number of rotatable bonds is 10. The van der Waals surface area contributed by atoms with Crippen molar-refractivity contribution in [1.82, 2.24) is 24.9 Å². The maximum atomic E-state index is 6.14. The van der Waals surface area contributed by atoms with Crippen molar-refractivity contribution in [3.8, 4) is 5.75 Å². The molecule has 1 fully saturated rings. The Labute approximate surface area is 169 Å². The number of ether oxygens (including phenoxy) is 1. The quantitative estimate of drug-likeness (QED) is 0.637. The van der Waals surface area contributed by atoms with Gasteiger partial charge in [0.1, 0.15) is 5.75 Å². The highest BCUT2D eigenvalue weighted by Crippen LogP contribution is 2.21. The Hall–Kier alpha value is -1.89. The van der Waals surface area contributed by atoms with Crippen molar-refractivity contribution in [2.24, 2.45) is 7.05 Å². The molecule has 1 aliphatic heterocycles. The molecule has 0 amide bonds.